The van der Waals surface area contributed by atoms with Gasteiger partial charge < -0.3 is 33.2 Å². The Kier molecular flexibility index (Phi) is 13.9. The van der Waals surface area contributed by atoms with Crippen molar-refractivity contribution in [3.8, 4) is 33.5 Å². The fraction of sp³-hybridized carbons (Fsp3) is 0.250. The summed E-state index contributed by atoms with van der Waals surface area (Å²) in [7, 11) is 0. The van der Waals surface area contributed by atoms with Crippen molar-refractivity contribution in [3.05, 3.63) is 143 Å². The standard InChI is InChI=1S/C24H21F3N2O4.C24H21F3N2O3S/c1-3-19-22(33-23(28-19)15-4-6-17(7-5-15)24(25,26)27)14(2)32-18-8-9-20-16(12-18)10-11-29(20)13-21(30)31;1-2-3-19-21(33-23(28-19)15-4-6-17(7-5-15)24(25,26)27)14-32-18-8-9-20-16(12-18)10-11-29(20)13-22(30)31/h4-12,14H,3,13H2,1-2H3,(H,30,31);4-12H,2-3,13-14H2,1H3,(H,30,31). The Morgan fingerprint density at radius 3 is 1.76 bits per heavy atom. The zero-order chi connectivity index (χ0) is 47.3. The number of carbonyl (C=O) groups is 2. The van der Waals surface area contributed by atoms with E-state index in [9.17, 15) is 35.9 Å². The van der Waals surface area contributed by atoms with Gasteiger partial charge in [-0.1, -0.05) is 32.4 Å². The predicted molar refractivity (Wildman–Crippen MR) is 235 cm³/mol. The number of carboxylic acid groups (broad SMARTS) is 2. The molecule has 0 fully saturated rings. The summed E-state index contributed by atoms with van der Waals surface area (Å²) in [5.41, 5.74) is 2.77. The average molecular weight is 933 g/mol. The topological polar surface area (TPSA) is 142 Å². The number of hydrogen-bond acceptors (Lipinski definition) is 8. The van der Waals surface area contributed by atoms with Gasteiger partial charge in [-0.25, -0.2) is 9.97 Å². The zero-order valence-electron chi connectivity index (χ0n) is 35.6. The molecule has 4 heterocycles. The first-order valence-electron chi connectivity index (χ1n) is 20.6. The monoisotopic (exact) mass is 932 g/mol. The molecule has 0 bridgehead atoms. The number of fused-ring (bicyclic) bond motifs is 2. The summed E-state index contributed by atoms with van der Waals surface area (Å²) in [6.07, 6.45) is -3.68. The molecule has 8 aromatic rings. The quantitative estimate of drug-likeness (QED) is 0.0961. The van der Waals surface area contributed by atoms with Crippen molar-refractivity contribution in [1.29, 1.82) is 0 Å². The lowest BCUT2D eigenvalue weighted by Gasteiger charge is -2.14. The van der Waals surface area contributed by atoms with Crippen LogP contribution in [0.1, 0.15) is 66.4 Å². The molecule has 0 radical (unpaired) electrons. The minimum atomic E-state index is -4.41. The third-order valence-electron chi connectivity index (χ3n) is 10.4. The number of thiazole rings is 1. The van der Waals surface area contributed by atoms with Gasteiger partial charge in [0.15, 0.2) is 11.9 Å². The van der Waals surface area contributed by atoms with E-state index >= 15 is 0 Å². The number of hydrogen-bond donors (Lipinski definition) is 2. The number of alkyl halides is 6. The molecule has 0 spiro atoms. The number of carboxylic acids is 2. The first kappa shape index (κ1) is 46.9. The van der Waals surface area contributed by atoms with Gasteiger partial charge in [-0.2, -0.15) is 26.3 Å². The van der Waals surface area contributed by atoms with Crippen LogP contribution < -0.4 is 9.47 Å². The fourth-order valence-electron chi connectivity index (χ4n) is 7.21. The number of oxazole rings is 1. The Hall–Kier alpha value is -7.08. The molecular formula is C48H42F6N4O7S. The van der Waals surface area contributed by atoms with Crippen molar-refractivity contribution in [2.45, 2.75) is 78.2 Å². The summed E-state index contributed by atoms with van der Waals surface area (Å²) in [4.78, 5) is 32.0. The van der Waals surface area contributed by atoms with Crippen molar-refractivity contribution in [3.63, 3.8) is 0 Å². The van der Waals surface area contributed by atoms with E-state index in [2.05, 4.69) is 9.97 Å². The number of aryl methyl sites for hydroxylation is 2. The molecule has 0 aliphatic carbocycles. The highest BCUT2D eigenvalue weighted by Gasteiger charge is 2.31. The molecule has 66 heavy (non-hydrogen) atoms. The van der Waals surface area contributed by atoms with Crippen molar-refractivity contribution in [1.82, 2.24) is 19.1 Å². The maximum Gasteiger partial charge on any atom is 0.416 e. The van der Waals surface area contributed by atoms with Crippen LogP contribution in [0.5, 0.6) is 11.5 Å². The molecule has 0 amide bonds. The zero-order valence-corrected chi connectivity index (χ0v) is 36.4. The van der Waals surface area contributed by atoms with Crippen LogP contribution in [0, 0.1) is 0 Å². The Morgan fingerprint density at radius 1 is 0.712 bits per heavy atom. The largest absolute Gasteiger partial charge is 0.488 e. The van der Waals surface area contributed by atoms with Crippen LogP contribution in [0.3, 0.4) is 0 Å². The Bertz CT molecular complexity index is 2970. The summed E-state index contributed by atoms with van der Waals surface area (Å²) < 4.78 is 98.3. The van der Waals surface area contributed by atoms with Crippen LogP contribution in [-0.2, 0) is 54.5 Å². The molecule has 2 N–H and O–H groups in total. The molecule has 344 valence electrons. The number of halogens is 6. The second-order valence-electron chi connectivity index (χ2n) is 15.1. The van der Waals surface area contributed by atoms with Gasteiger partial charge in [-0.15, -0.1) is 11.3 Å². The normalized spacial score (nSPS) is 12.3. The van der Waals surface area contributed by atoms with Gasteiger partial charge in [0.2, 0.25) is 5.89 Å². The minimum Gasteiger partial charge on any atom is -0.488 e. The van der Waals surface area contributed by atoms with E-state index in [4.69, 9.17) is 24.1 Å². The maximum absolute atomic E-state index is 12.8. The lowest BCUT2D eigenvalue weighted by Crippen LogP contribution is -2.07. The van der Waals surface area contributed by atoms with Gasteiger partial charge in [-0.05, 0) is 105 Å². The molecule has 11 nitrogen and oxygen atoms in total. The van der Waals surface area contributed by atoms with E-state index in [-0.39, 0.29) is 25.6 Å². The summed E-state index contributed by atoms with van der Waals surface area (Å²) in [6, 6.07) is 24.1. The lowest BCUT2D eigenvalue weighted by molar-refractivity contribution is -0.138. The maximum atomic E-state index is 12.8. The van der Waals surface area contributed by atoms with Crippen molar-refractivity contribution in [2.24, 2.45) is 0 Å². The van der Waals surface area contributed by atoms with E-state index in [0.717, 1.165) is 69.5 Å². The van der Waals surface area contributed by atoms with Crippen LogP contribution in [0.4, 0.5) is 26.3 Å². The van der Waals surface area contributed by atoms with Crippen LogP contribution in [-0.4, -0.2) is 41.3 Å². The third-order valence-corrected chi connectivity index (χ3v) is 11.5. The summed E-state index contributed by atoms with van der Waals surface area (Å²) >= 11 is 1.41. The Morgan fingerprint density at radius 2 is 1.24 bits per heavy atom. The minimum absolute atomic E-state index is 0.113. The molecule has 0 aliphatic rings. The van der Waals surface area contributed by atoms with Crippen LogP contribution >= 0.6 is 11.3 Å². The highest BCUT2D eigenvalue weighted by atomic mass is 32.1. The van der Waals surface area contributed by atoms with Crippen LogP contribution in [0.15, 0.2) is 114 Å². The predicted octanol–water partition coefficient (Wildman–Crippen LogP) is 12.5. The van der Waals surface area contributed by atoms with Crippen molar-refractivity contribution >= 4 is 45.1 Å². The number of aliphatic carboxylic acids is 2. The fourth-order valence-corrected chi connectivity index (χ4v) is 8.23. The number of nitrogens with zero attached hydrogens (tertiary/aromatic N) is 4. The second-order valence-corrected chi connectivity index (χ2v) is 16.2. The smallest absolute Gasteiger partial charge is 0.416 e. The third kappa shape index (κ3) is 11.0. The molecule has 4 aromatic carbocycles. The second kappa shape index (κ2) is 19.6. The highest BCUT2D eigenvalue weighted by molar-refractivity contribution is 7.15. The van der Waals surface area contributed by atoms with Crippen LogP contribution in [0.2, 0.25) is 0 Å². The van der Waals surface area contributed by atoms with E-state index < -0.39 is 41.5 Å². The Balaban J connectivity index is 0.000000196. The Labute approximate surface area is 377 Å². The first-order chi connectivity index (χ1) is 31.4. The highest BCUT2D eigenvalue weighted by Crippen LogP contribution is 2.36. The summed E-state index contributed by atoms with van der Waals surface area (Å²) in [5, 5.41) is 20.4. The van der Waals surface area contributed by atoms with Gasteiger partial charge in [0, 0.05) is 45.3 Å². The van der Waals surface area contributed by atoms with Gasteiger partial charge in [0.05, 0.1) is 27.4 Å². The van der Waals surface area contributed by atoms with E-state index in [1.54, 1.807) is 46.7 Å². The van der Waals surface area contributed by atoms with Gasteiger partial charge >= 0.3 is 24.3 Å². The van der Waals surface area contributed by atoms with Crippen LogP contribution in [0.25, 0.3) is 43.8 Å². The molecule has 0 aliphatic heterocycles. The van der Waals surface area contributed by atoms with E-state index in [1.165, 1.54) is 35.6 Å². The molecule has 1 atom stereocenters. The van der Waals surface area contributed by atoms with Gasteiger partial charge in [0.25, 0.3) is 0 Å². The lowest BCUT2D eigenvalue weighted by atomic mass is 10.1. The number of ether oxygens (including phenoxy) is 2. The van der Waals surface area contributed by atoms with Gasteiger partial charge in [-0.3, -0.25) is 9.59 Å². The van der Waals surface area contributed by atoms with Crippen molar-refractivity contribution < 1.29 is 60.0 Å². The number of rotatable bonds is 15. The molecule has 8 rings (SSSR count). The molecular weight excluding hydrogens is 891 g/mol. The number of benzene rings is 4. The molecule has 0 saturated heterocycles. The number of aromatic nitrogens is 4. The van der Waals surface area contributed by atoms with E-state index in [1.807, 2.05) is 44.2 Å². The summed E-state index contributed by atoms with van der Waals surface area (Å²) in [6.45, 7) is 5.78. The molecule has 0 saturated carbocycles. The molecule has 4 aromatic heterocycles. The SMILES string of the molecule is CCCc1nc(-c2ccc(C(F)(F)F)cc2)sc1COc1ccc2c(ccn2CC(=O)O)c1.CCc1nc(-c2ccc(C(F)(F)F)cc2)oc1C(C)Oc1ccc2c(ccn2CC(=O)O)c1. The first-order valence-corrected chi connectivity index (χ1v) is 21.5. The molecule has 18 heteroatoms. The average Bonchev–Trinajstić information content (AvgIpc) is 4.08. The van der Waals surface area contributed by atoms with Gasteiger partial charge in [0.1, 0.15) is 36.2 Å². The summed E-state index contributed by atoms with van der Waals surface area (Å²) in [5.74, 6) is 0.0938. The van der Waals surface area contributed by atoms with Crippen molar-refractivity contribution in [2.75, 3.05) is 0 Å². The van der Waals surface area contributed by atoms with E-state index in [0.29, 0.717) is 45.5 Å². The molecule has 1 unspecified atom stereocenters.